The molecule has 1 aromatic heterocycles. The maximum absolute atomic E-state index is 11.5. The highest BCUT2D eigenvalue weighted by atomic mass is 16.5. The lowest BCUT2D eigenvalue weighted by Gasteiger charge is -2.09. The molecule has 0 unspecified atom stereocenters. The summed E-state index contributed by atoms with van der Waals surface area (Å²) in [6.07, 6.45) is 4.51. The summed E-state index contributed by atoms with van der Waals surface area (Å²) >= 11 is 0. The van der Waals surface area contributed by atoms with E-state index in [1.807, 2.05) is 48.5 Å². The number of fused-ring (bicyclic) bond motifs is 1. The van der Waals surface area contributed by atoms with Gasteiger partial charge in [0.15, 0.2) is 0 Å². The Kier molecular flexibility index (Phi) is 4.81. The minimum absolute atomic E-state index is 0.342. The number of carbonyl (C=O) groups excluding carboxylic acids is 1. The van der Waals surface area contributed by atoms with Gasteiger partial charge in [-0.15, -0.1) is 0 Å². The minimum Gasteiger partial charge on any atom is -0.463 e. The summed E-state index contributed by atoms with van der Waals surface area (Å²) in [7, 11) is 0. The number of esters is 1. The van der Waals surface area contributed by atoms with Crippen molar-refractivity contribution in [3.8, 4) is 11.6 Å². The van der Waals surface area contributed by atoms with Crippen molar-refractivity contribution in [2.45, 2.75) is 6.92 Å². The van der Waals surface area contributed by atoms with E-state index in [9.17, 15) is 4.79 Å². The van der Waals surface area contributed by atoms with Crippen molar-refractivity contribution >= 4 is 22.9 Å². The van der Waals surface area contributed by atoms with Crippen molar-refractivity contribution in [2.75, 3.05) is 6.61 Å². The fraction of sp³-hybridized carbons (Fsp3) is 0.105. The number of rotatable bonds is 5. The molecule has 0 spiro atoms. The first-order chi connectivity index (χ1) is 11.8. The van der Waals surface area contributed by atoms with Gasteiger partial charge in [-0.3, -0.25) is 0 Å². The van der Waals surface area contributed by atoms with Gasteiger partial charge in [-0.25, -0.2) is 14.8 Å². The van der Waals surface area contributed by atoms with Crippen molar-refractivity contribution in [3.63, 3.8) is 0 Å². The van der Waals surface area contributed by atoms with E-state index in [1.165, 1.54) is 12.4 Å². The molecule has 2 aromatic carbocycles. The Morgan fingerprint density at radius 3 is 2.75 bits per heavy atom. The monoisotopic (exact) mass is 320 g/mol. The smallest absolute Gasteiger partial charge is 0.330 e. The summed E-state index contributed by atoms with van der Waals surface area (Å²) in [4.78, 5) is 19.9. The van der Waals surface area contributed by atoms with Crippen LogP contribution in [0.4, 0.5) is 0 Å². The molecule has 0 atom stereocenters. The van der Waals surface area contributed by atoms with Gasteiger partial charge in [0.1, 0.15) is 12.1 Å². The Labute approximate surface area is 139 Å². The van der Waals surface area contributed by atoms with Gasteiger partial charge in [-0.05, 0) is 31.2 Å². The Morgan fingerprint density at radius 1 is 1.08 bits per heavy atom. The highest BCUT2D eigenvalue weighted by Gasteiger charge is 2.08. The van der Waals surface area contributed by atoms with E-state index in [0.29, 0.717) is 18.2 Å². The largest absolute Gasteiger partial charge is 0.463 e. The van der Waals surface area contributed by atoms with Gasteiger partial charge in [0, 0.05) is 11.6 Å². The average Bonchev–Trinajstić information content (AvgIpc) is 2.61. The number of aromatic nitrogens is 2. The molecule has 5 nitrogen and oxygen atoms in total. The summed E-state index contributed by atoms with van der Waals surface area (Å²) in [5, 5.41) is 0.823. The Balaban J connectivity index is 1.91. The lowest BCUT2D eigenvalue weighted by Crippen LogP contribution is -1.99. The summed E-state index contributed by atoms with van der Waals surface area (Å²) in [6, 6.07) is 15.0. The van der Waals surface area contributed by atoms with Gasteiger partial charge in [-0.1, -0.05) is 30.3 Å². The highest BCUT2D eigenvalue weighted by molar-refractivity contribution is 5.88. The van der Waals surface area contributed by atoms with E-state index < -0.39 is 0 Å². The van der Waals surface area contributed by atoms with Crippen LogP contribution in [-0.2, 0) is 9.53 Å². The number of nitrogens with zero attached hydrogens (tertiary/aromatic N) is 2. The first-order valence-corrected chi connectivity index (χ1v) is 7.59. The molecule has 120 valence electrons. The number of ether oxygens (including phenoxy) is 2. The summed E-state index contributed by atoms with van der Waals surface area (Å²) in [5.41, 5.74) is 1.57. The van der Waals surface area contributed by atoms with Crippen molar-refractivity contribution in [1.82, 2.24) is 9.97 Å². The summed E-state index contributed by atoms with van der Waals surface area (Å²) < 4.78 is 10.9. The third-order valence-corrected chi connectivity index (χ3v) is 3.32. The first-order valence-electron chi connectivity index (χ1n) is 7.59. The van der Waals surface area contributed by atoms with Gasteiger partial charge in [0.05, 0.1) is 17.5 Å². The zero-order valence-electron chi connectivity index (χ0n) is 13.2. The molecule has 24 heavy (non-hydrogen) atoms. The molecule has 1 heterocycles. The molecular formula is C19H16N2O3. The number of carbonyl (C=O) groups is 1. The minimum atomic E-state index is -0.389. The van der Waals surface area contributed by atoms with E-state index in [2.05, 4.69) is 9.97 Å². The maximum atomic E-state index is 11.5. The Morgan fingerprint density at radius 2 is 1.88 bits per heavy atom. The van der Waals surface area contributed by atoms with Crippen LogP contribution < -0.4 is 4.74 Å². The SMILES string of the molecule is CCOC(=O)/C=C\c1ccccc1Oc1ncnc2ccccc12. The van der Waals surface area contributed by atoms with Gasteiger partial charge < -0.3 is 9.47 Å². The van der Waals surface area contributed by atoms with Crippen molar-refractivity contribution in [3.05, 3.63) is 66.5 Å². The van der Waals surface area contributed by atoms with E-state index in [4.69, 9.17) is 9.47 Å². The van der Waals surface area contributed by atoms with E-state index in [-0.39, 0.29) is 5.97 Å². The maximum Gasteiger partial charge on any atom is 0.330 e. The van der Waals surface area contributed by atoms with E-state index >= 15 is 0 Å². The van der Waals surface area contributed by atoms with Crippen molar-refractivity contribution in [1.29, 1.82) is 0 Å². The summed E-state index contributed by atoms with van der Waals surface area (Å²) in [5.74, 6) is 0.680. The van der Waals surface area contributed by atoms with Crippen LogP contribution in [0.1, 0.15) is 12.5 Å². The van der Waals surface area contributed by atoms with Crippen LogP contribution in [0.15, 0.2) is 60.9 Å². The molecule has 0 fully saturated rings. The standard InChI is InChI=1S/C19H16N2O3/c1-2-23-18(22)12-11-14-7-3-6-10-17(14)24-19-15-8-4-5-9-16(15)20-13-21-19/h3-13H,2H2,1H3/b12-11-. The van der Waals surface area contributed by atoms with Crippen LogP contribution >= 0.6 is 0 Å². The lowest BCUT2D eigenvalue weighted by molar-refractivity contribution is -0.137. The predicted molar refractivity (Wildman–Crippen MR) is 91.7 cm³/mol. The van der Waals surface area contributed by atoms with Crippen LogP contribution in [0, 0.1) is 0 Å². The first kappa shape index (κ1) is 15.7. The van der Waals surface area contributed by atoms with Crippen LogP contribution in [0.2, 0.25) is 0 Å². The molecule has 0 bridgehead atoms. The van der Waals surface area contributed by atoms with Crippen LogP contribution in [-0.4, -0.2) is 22.5 Å². The number of hydrogen-bond acceptors (Lipinski definition) is 5. The Bertz CT molecular complexity index is 885. The van der Waals surface area contributed by atoms with Crippen LogP contribution in [0.3, 0.4) is 0 Å². The van der Waals surface area contributed by atoms with Gasteiger partial charge in [0.2, 0.25) is 5.88 Å². The molecule has 3 aromatic rings. The lowest BCUT2D eigenvalue weighted by atomic mass is 10.2. The van der Waals surface area contributed by atoms with Gasteiger partial charge >= 0.3 is 5.97 Å². The third kappa shape index (κ3) is 3.57. The van der Waals surface area contributed by atoms with Crippen LogP contribution in [0.5, 0.6) is 11.6 Å². The summed E-state index contributed by atoms with van der Waals surface area (Å²) in [6.45, 7) is 2.11. The second kappa shape index (κ2) is 7.37. The average molecular weight is 320 g/mol. The molecule has 0 aliphatic rings. The second-order valence-corrected chi connectivity index (χ2v) is 4.92. The zero-order valence-corrected chi connectivity index (χ0v) is 13.2. The van der Waals surface area contributed by atoms with E-state index in [1.54, 1.807) is 13.0 Å². The topological polar surface area (TPSA) is 61.3 Å². The molecule has 0 saturated heterocycles. The van der Waals surface area contributed by atoms with E-state index in [0.717, 1.165) is 16.5 Å². The molecule has 5 heteroatoms. The molecule has 0 saturated carbocycles. The highest BCUT2D eigenvalue weighted by Crippen LogP contribution is 2.29. The molecule has 0 amide bonds. The normalized spacial score (nSPS) is 10.9. The van der Waals surface area contributed by atoms with Gasteiger partial charge in [0.25, 0.3) is 0 Å². The zero-order chi connectivity index (χ0) is 16.8. The molecule has 0 N–H and O–H groups in total. The molecule has 0 aliphatic carbocycles. The van der Waals surface area contributed by atoms with Gasteiger partial charge in [-0.2, -0.15) is 0 Å². The van der Waals surface area contributed by atoms with Crippen molar-refractivity contribution in [2.24, 2.45) is 0 Å². The molecule has 0 aliphatic heterocycles. The van der Waals surface area contributed by atoms with Crippen LogP contribution in [0.25, 0.3) is 17.0 Å². The number of hydrogen-bond donors (Lipinski definition) is 0. The Hall–Kier alpha value is -3.21. The number of para-hydroxylation sites is 2. The second-order valence-electron chi connectivity index (χ2n) is 4.92. The fourth-order valence-corrected chi connectivity index (χ4v) is 2.22. The quantitative estimate of drug-likeness (QED) is 0.525. The third-order valence-electron chi connectivity index (χ3n) is 3.32. The molecular weight excluding hydrogens is 304 g/mol. The molecule has 3 rings (SSSR count). The fourth-order valence-electron chi connectivity index (χ4n) is 2.22. The number of benzene rings is 2. The molecule has 0 radical (unpaired) electrons. The predicted octanol–water partition coefficient (Wildman–Crippen LogP) is 4.00. The van der Waals surface area contributed by atoms with Crippen molar-refractivity contribution < 1.29 is 14.3 Å².